The molecule has 0 aliphatic carbocycles. The Morgan fingerprint density at radius 3 is 2.50 bits per heavy atom. The van der Waals surface area contributed by atoms with E-state index in [0.717, 1.165) is 35.4 Å². The molecule has 0 bridgehead atoms. The number of hydrogen-bond acceptors (Lipinski definition) is 5. The van der Waals surface area contributed by atoms with Crippen LogP contribution in [0.3, 0.4) is 0 Å². The van der Waals surface area contributed by atoms with Gasteiger partial charge >= 0.3 is 0 Å². The molecule has 1 amide bonds. The predicted octanol–water partition coefficient (Wildman–Crippen LogP) is 3.97. The second-order valence-corrected chi connectivity index (χ2v) is 8.44. The molecule has 1 aliphatic rings. The lowest BCUT2D eigenvalue weighted by Gasteiger charge is -2.27. The van der Waals surface area contributed by atoms with Crippen molar-refractivity contribution in [1.29, 1.82) is 0 Å². The number of nitrogens with one attached hydrogen (secondary N) is 1. The van der Waals surface area contributed by atoms with Crippen molar-refractivity contribution in [2.24, 2.45) is 0 Å². The Labute approximate surface area is 181 Å². The number of carbonyl (C=O) groups excluding carboxylic acids is 1. The number of hydrogen-bond donors (Lipinski definition) is 1. The maximum Gasteiger partial charge on any atom is 0.232 e. The van der Waals surface area contributed by atoms with E-state index < -0.39 is 0 Å². The minimum absolute atomic E-state index is 0.00890. The highest BCUT2D eigenvalue weighted by Crippen LogP contribution is 2.28. The molecule has 6 nitrogen and oxygen atoms in total. The molecule has 2 heterocycles. The van der Waals surface area contributed by atoms with Gasteiger partial charge in [-0.2, -0.15) is 0 Å². The van der Waals surface area contributed by atoms with Crippen LogP contribution in [0.25, 0.3) is 5.69 Å². The molecular weight excluding hydrogens is 394 g/mol. The number of nitrogens with zero attached hydrogens (tertiary/aromatic N) is 4. The van der Waals surface area contributed by atoms with E-state index in [4.69, 9.17) is 0 Å². The molecule has 3 aromatic rings. The number of benzene rings is 2. The molecule has 1 saturated heterocycles. The van der Waals surface area contributed by atoms with Gasteiger partial charge in [-0.05, 0) is 49.4 Å². The van der Waals surface area contributed by atoms with Crippen molar-refractivity contribution in [2.45, 2.75) is 37.9 Å². The SMILES string of the molecule is Cc1ccccc1CNC(=O)CSc1nnc(N2CCCCC2)n1-c1ccccc1. The average Bonchev–Trinajstić information content (AvgIpc) is 3.22. The largest absolute Gasteiger partial charge is 0.351 e. The van der Waals surface area contributed by atoms with Crippen molar-refractivity contribution in [3.8, 4) is 5.69 Å². The van der Waals surface area contributed by atoms with Crippen molar-refractivity contribution in [3.05, 3.63) is 65.7 Å². The Morgan fingerprint density at radius 2 is 1.73 bits per heavy atom. The number of aromatic nitrogens is 3. The van der Waals surface area contributed by atoms with E-state index in [0.29, 0.717) is 12.3 Å². The maximum absolute atomic E-state index is 12.5. The van der Waals surface area contributed by atoms with Gasteiger partial charge < -0.3 is 10.2 Å². The van der Waals surface area contributed by atoms with Crippen LogP contribution in [0.1, 0.15) is 30.4 Å². The second-order valence-electron chi connectivity index (χ2n) is 7.49. The number of anilines is 1. The number of rotatable bonds is 7. The van der Waals surface area contributed by atoms with Crippen LogP contribution >= 0.6 is 11.8 Å². The van der Waals surface area contributed by atoms with Gasteiger partial charge in [0.15, 0.2) is 5.16 Å². The molecule has 1 aromatic heterocycles. The first-order chi connectivity index (χ1) is 14.7. The molecular formula is C23H27N5OS. The standard InChI is InChI=1S/C23H27N5OS/c1-18-10-6-7-11-19(18)16-24-21(29)17-30-23-26-25-22(27-14-8-3-9-15-27)28(23)20-12-4-2-5-13-20/h2,4-7,10-13H,3,8-9,14-17H2,1H3,(H,24,29). The molecule has 156 valence electrons. The number of carbonyl (C=O) groups is 1. The fourth-order valence-electron chi connectivity index (χ4n) is 3.64. The van der Waals surface area contributed by atoms with Crippen molar-refractivity contribution in [3.63, 3.8) is 0 Å². The van der Waals surface area contributed by atoms with Gasteiger partial charge in [0.2, 0.25) is 11.9 Å². The number of aryl methyl sites for hydroxylation is 1. The van der Waals surface area contributed by atoms with E-state index in [1.807, 2.05) is 36.4 Å². The highest BCUT2D eigenvalue weighted by atomic mass is 32.2. The van der Waals surface area contributed by atoms with Gasteiger partial charge in [-0.15, -0.1) is 10.2 Å². The Bertz CT molecular complexity index is 982. The summed E-state index contributed by atoms with van der Waals surface area (Å²) in [7, 11) is 0. The summed E-state index contributed by atoms with van der Waals surface area (Å²) in [6, 6.07) is 18.2. The van der Waals surface area contributed by atoms with Crippen LogP contribution in [0.4, 0.5) is 5.95 Å². The number of piperidine rings is 1. The number of thioether (sulfide) groups is 1. The molecule has 30 heavy (non-hydrogen) atoms. The summed E-state index contributed by atoms with van der Waals surface area (Å²) >= 11 is 1.42. The molecule has 0 spiro atoms. The summed E-state index contributed by atoms with van der Waals surface area (Å²) in [5.41, 5.74) is 3.34. The van der Waals surface area contributed by atoms with Crippen molar-refractivity contribution >= 4 is 23.6 Å². The lowest BCUT2D eigenvalue weighted by atomic mass is 10.1. The first kappa shape index (κ1) is 20.5. The molecule has 1 N–H and O–H groups in total. The third-order valence-corrected chi connectivity index (χ3v) is 6.27. The first-order valence-corrected chi connectivity index (χ1v) is 11.4. The number of para-hydroxylation sites is 1. The minimum atomic E-state index is -0.00890. The van der Waals surface area contributed by atoms with E-state index >= 15 is 0 Å². The fraction of sp³-hybridized carbons (Fsp3) is 0.348. The lowest BCUT2D eigenvalue weighted by Crippen LogP contribution is -2.31. The van der Waals surface area contributed by atoms with Crippen molar-refractivity contribution < 1.29 is 4.79 Å². The molecule has 1 aliphatic heterocycles. The third-order valence-electron chi connectivity index (χ3n) is 5.34. The van der Waals surface area contributed by atoms with E-state index in [2.05, 4.69) is 50.1 Å². The van der Waals surface area contributed by atoms with Gasteiger partial charge in [-0.3, -0.25) is 9.36 Å². The number of amides is 1. The molecule has 0 unspecified atom stereocenters. The highest BCUT2D eigenvalue weighted by Gasteiger charge is 2.22. The Hall–Kier alpha value is -2.80. The van der Waals surface area contributed by atoms with Gasteiger partial charge in [-0.25, -0.2) is 0 Å². The smallest absolute Gasteiger partial charge is 0.232 e. The van der Waals surface area contributed by atoms with Crippen molar-refractivity contribution in [1.82, 2.24) is 20.1 Å². The van der Waals surface area contributed by atoms with E-state index in [1.54, 1.807) is 0 Å². The average molecular weight is 422 g/mol. The Kier molecular flexibility index (Phi) is 6.69. The Morgan fingerprint density at radius 1 is 1.00 bits per heavy atom. The third kappa shape index (κ3) is 4.84. The van der Waals surface area contributed by atoms with Crippen LogP contribution in [0.2, 0.25) is 0 Å². The van der Waals surface area contributed by atoms with Crippen LogP contribution in [0.5, 0.6) is 0 Å². The maximum atomic E-state index is 12.5. The second kappa shape index (κ2) is 9.80. The van der Waals surface area contributed by atoms with Crippen LogP contribution < -0.4 is 10.2 Å². The Balaban J connectivity index is 1.46. The molecule has 1 fully saturated rings. The monoisotopic (exact) mass is 421 g/mol. The summed E-state index contributed by atoms with van der Waals surface area (Å²) in [6.45, 7) is 4.58. The topological polar surface area (TPSA) is 63.1 Å². The summed E-state index contributed by atoms with van der Waals surface area (Å²) in [5, 5.41) is 12.7. The van der Waals surface area contributed by atoms with Gasteiger partial charge in [0, 0.05) is 19.6 Å². The summed E-state index contributed by atoms with van der Waals surface area (Å²) in [6.07, 6.45) is 3.61. The molecule has 7 heteroatoms. The predicted molar refractivity (Wildman–Crippen MR) is 121 cm³/mol. The normalized spacial score (nSPS) is 14.0. The van der Waals surface area contributed by atoms with Gasteiger partial charge in [-0.1, -0.05) is 54.2 Å². The van der Waals surface area contributed by atoms with Crippen molar-refractivity contribution in [2.75, 3.05) is 23.7 Å². The molecule has 2 aromatic carbocycles. The van der Waals surface area contributed by atoms with Crippen LogP contribution in [-0.4, -0.2) is 39.5 Å². The minimum Gasteiger partial charge on any atom is -0.351 e. The lowest BCUT2D eigenvalue weighted by molar-refractivity contribution is -0.118. The summed E-state index contributed by atoms with van der Waals surface area (Å²) in [4.78, 5) is 14.8. The van der Waals surface area contributed by atoms with Crippen LogP contribution in [-0.2, 0) is 11.3 Å². The van der Waals surface area contributed by atoms with Crippen LogP contribution in [0.15, 0.2) is 59.8 Å². The quantitative estimate of drug-likeness (QED) is 0.585. The summed E-state index contributed by atoms with van der Waals surface area (Å²) in [5.74, 6) is 1.16. The van der Waals surface area contributed by atoms with E-state index in [1.165, 1.54) is 36.6 Å². The van der Waals surface area contributed by atoms with E-state index in [9.17, 15) is 4.79 Å². The zero-order valence-corrected chi connectivity index (χ0v) is 18.1. The molecule has 4 rings (SSSR count). The van der Waals surface area contributed by atoms with Crippen LogP contribution in [0, 0.1) is 6.92 Å². The molecule has 0 radical (unpaired) electrons. The summed E-state index contributed by atoms with van der Waals surface area (Å²) < 4.78 is 2.07. The van der Waals surface area contributed by atoms with Gasteiger partial charge in [0.05, 0.1) is 11.4 Å². The van der Waals surface area contributed by atoms with Gasteiger partial charge in [0.25, 0.3) is 0 Å². The van der Waals surface area contributed by atoms with E-state index in [-0.39, 0.29) is 5.91 Å². The first-order valence-electron chi connectivity index (χ1n) is 10.4. The van der Waals surface area contributed by atoms with Gasteiger partial charge in [0.1, 0.15) is 0 Å². The zero-order chi connectivity index (χ0) is 20.8. The highest BCUT2D eigenvalue weighted by molar-refractivity contribution is 7.99. The fourth-order valence-corrected chi connectivity index (χ4v) is 4.42. The molecule has 0 atom stereocenters. The molecule has 0 saturated carbocycles. The zero-order valence-electron chi connectivity index (χ0n) is 17.3.